The Hall–Kier alpha value is -0.970. The summed E-state index contributed by atoms with van der Waals surface area (Å²) >= 11 is 0. The van der Waals surface area contributed by atoms with Gasteiger partial charge in [0.05, 0.1) is 6.61 Å². The van der Waals surface area contributed by atoms with Gasteiger partial charge in [0, 0.05) is 24.6 Å². The number of hydrogen-bond donors (Lipinski definition) is 3. The summed E-state index contributed by atoms with van der Waals surface area (Å²) < 4.78 is 13.7. The van der Waals surface area contributed by atoms with E-state index in [-0.39, 0.29) is 30.5 Å². The van der Waals surface area contributed by atoms with Crippen LogP contribution in [0.15, 0.2) is 24.3 Å². The fourth-order valence-corrected chi connectivity index (χ4v) is 1.92. The SMILES string of the molecule is CC(C)(CNC(CO)CCO)c1ccccc1F. The second-order valence-corrected chi connectivity index (χ2v) is 5.14. The van der Waals surface area contributed by atoms with Crippen molar-refractivity contribution in [2.24, 2.45) is 0 Å². The van der Waals surface area contributed by atoms with E-state index in [1.54, 1.807) is 12.1 Å². The predicted molar refractivity (Wildman–Crippen MR) is 70.0 cm³/mol. The molecule has 0 aliphatic carbocycles. The van der Waals surface area contributed by atoms with E-state index in [0.717, 1.165) is 0 Å². The second-order valence-electron chi connectivity index (χ2n) is 5.14. The third-order valence-electron chi connectivity index (χ3n) is 3.13. The number of nitrogens with one attached hydrogen (secondary N) is 1. The van der Waals surface area contributed by atoms with E-state index in [4.69, 9.17) is 10.2 Å². The number of aliphatic hydroxyl groups is 2. The Morgan fingerprint density at radius 2 is 1.94 bits per heavy atom. The van der Waals surface area contributed by atoms with Gasteiger partial charge in [-0.15, -0.1) is 0 Å². The minimum atomic E-state index is -0.367. The molecular weight excluding hydrogens is 233 g/mol. The summed E-state index contributed by atoms with van der Waals surface area (Å²) in [6, 6.07) is 6.56. The van der Waals surface area contributed by atoms with E-state index in [9.17, 15) is 4.39 Å². The molecule has 0 aliphatic heterocycles. The molecule has 0 spiro atoms. The highest BCUT2D eigenvalue weighted by Crippen LogP contribution is 2.24. The molecule has 0 aliphatic rings. The molecule has 0 saturated heterocycles. The minimum Gasteiger partial charge on any atom is -0.396 e. The lowest BCUT2D eigenvalue weighted by atomic mass is 9.84. The monoisotopic (exact) mass is 255 g/mol. The maximum absolute atomic E-state index is 13.7. The Bertz CT molecular complexity index is 369. The average Bonchev–Trinajstić information content (AvgIpc) is 2.34. The molecule has 0 heterocycles. The highest BCUT2D eigenvalue weighted by atomic mass is 19.1. The fourth-order valence-electron chi connectivity index (χ4n) is 1.92. The number of halogens is 1. The second kappa shape index (κ2) is 6.83. The summed E-state index contributed by atoms with van der Waals surface area (Å²) in [6.07, 6.45) is 0.490. The Morgan fingerprint density at radius 3 is 2.50 bits per heavy atom. The molecule has 0 saturated carbocycles. The third kappa shape index (κ3) is 4.05. The van der Waals surface area contributed by atoms with Crippen molar-refractivity contribution in [1.82, 2.24) is 5.32 Å². The van der Waals surface area contributed by atoms with E-state index in [1.807, 2.05) is 19.9 Å². The molecule has 18 heavy (non-hydrogen) atoms. The number of benzene rings is 1. The smallest absolute Gasteiger partial charge is 0.126 e. The Labute approximate surface area is 108 Å². The van der Waals surface area contributed by atoms with Gasteiger partial charge in [-0.1, -0.05) is 32.0 Å². The van der Waals surface area contributed by atoms with Crippen molar-refractivity contribution in [1.29, 1.82) is 0 Å². The first-order valence-electron chi connectivity index (χ1n) is 6.21. The van der Waals surface area contributed by atoms with Crippen molar-refractivity contribution in [2.75, 3.05) is 19.8 Å². The van der Waals surface area contributed by atoms with Gasteiger partial charge in [0.1, 0.15) is 5.82 Å². The highest BCUT2D eigenvalue weighted by molar-refractivity contribution is 5.25. The third-order valence-corrected chi connectivity index (χ3v) is 3.13. The molecule has 1 aromatic rings. The van der Waals surface area contributed by atoms with Crippen molar-refractivity contribution >= 4 is 0 Å². The van der Waals surface area contributed by atoms with Gasteiger partial charge < -0.3 is 15.5 Å². The van der Waals surface area contributed by atoms with Crippen molar-refractivity contribution in [3.8, 4) is 0 Å². The zero-order valence-electron chi connectivity index (χ0n) is 11.0. The summed E-state index contributed by atoms with van der Waals surface area (Å²) in [5, 5.41) is 21.1. The van der Waals surface area contributed by atoms with Crippen LogP contribution in [0.4, 0.5) is 4.39 Å². The van der Waals surface area contributed by atoms with Gasteiger partial charge in [0.15, 0.2) is 0 Å². The molecule has 1 rings (SSSR count). The van der Waals surface area contributed by atoms with E-state index < -0.39 is 0 Å². The lowest BCUT2D eigenvalue weighted by Gasteiger charge is -2.28. The van der Waals surface area contributed by atoms with E-state index in [1.165, 1.54) is 6.07 Å². The van der Waals surface area contributed by atoms with Crippen LogP contribution in [-0.2, 0) is 5.41 Å². The van der Waals surface area contributed by atoms with Gasteiger partial charge in [-0.2, -0.15) is 0 Å². The molecule has 0 fully saturated rings. The largest absolute Gasteiger partial charge is 0.396 e. The Balaban J connectivity index is 2.67. The zero-order valence-corrected chi connectivity index (χ0v) is 11.0. The van der Waals surface area contributed by atoms with Crippen LogP contribution in [-0.4, -0.2) is 36.0 Å². The predicted octanol–water partition coefficient (Wildman–Crippen LogP) is 1.44. The number of rotatable bonds is 7. The van der Waals surface area contributed by atoms with Gasteiger partial charge in [0.25, 0.3) is 0 Å². The summed E-state index contributed by atoms with van der Waals surface area (Å²) in [4.78, 5) is 0. The van der Waals surface area contributed by atoms with E-state index >= 15 is 0 Å². The van der Waals surface area contributed by atoms with Crippen molar-refractivity contribution in [2.45, 2.75) is 31.7 Å². The molecule has 102 valence electrons. The maximum atomic E-state index is 13.7. The number of aliphatic hydroxyl groups excluding tert-OH is 2. The van der Waals surface area contributed by atoms with E-state index in [0.29, 0.717) is 18.5 Å². The summed E-state index contributed by atoms with van der Waals surface area (Å²) in [5.74, 6) is -0.216. The molecule has 3 N–H and O–H groups in total. The van der Waals surface area contributed by atoms with Crippen LogP contribution < -0.4 is 5.32 Å². The van der Waals surface area contributed by atoms with Gasteiger partial charge in [-0.25, -0.2) is 4.39 Å². The van der Waals surface area contributed by atoms with Crippen LogP contribution in [0.3, 0.4) is 0 Å². The number of hydrogen-bond acceptors (Lipinski definition) is 3. The molecule has 3 nitrogen and oxygen atoms in total. The van der Waals surface area contributed by atoms with Crippen molar-refractivity contribution < 1.29 is 14.6 Å². The van der Waals surface area contributed by atoms with Crippen LogP contribution in [0.1, 0.15) is 25.8 Å². The van der Waals surface area contributed by atoms with Gasteiger partial charge in [0.2, 0.25) is 0 Å². The molecule has 0 amide bonds. The van der Waals surface area contributed by atoms with Gasteiger partial charge >= 0.3 is 0 Å². The lowest BCUT2D eigenvalue weighted by molar-refractivity contribution is 0.195. The first kappa shape index (κ1) is 15.1. The van der Waals surface area contributed by atoms with Crippen molar-refractivity contribution in [3.05, 3.63) is 35.6 Å². The highest BCUT2D eigenvalue weighted by Gasteiger charge is 2.24. The molecule has 1 unspecified atom stereocenters. The molecule has 0 aromatic heterocycles. The standard InChI is InChI=1S/C14H22FNO2/c1-14(2,10-16-11(9-18)7-8-17)12-5-3-4-6-13(12)15/h3-6,11,16-18H,7-10H2,1-2H3. The van der Waals surface area contributed by atoms with Gasteiger partial charge in [-0.05, 0) is 18.1 Å². The Kier molecular flexibility index (Phi) is 5.72. The average molecular weight is 255 g/mol. The van der Waals surface area contributed by atoms with Crippen LogP contribution in [0.2, 0.25) is 0 Å². The van der Waals surface area contributed by atoms with E-state index in [2.05, 4.69) is 5.32 Å². The first-order valence-corrected chi connectivity index (χ1v) is 6.21. The Morgan fingerprint density at radius 1 is 1.28 bits per heavy atom. The maximum Gasteiger partial charge on any atom is 0.126 e. The summed E-state index contributed by atoms with van der Waals surface area (Å²) in [5.41, 5.74) is 0.284. The molecule has 0 bridgehead atoms. The summed E-state index contributed by atoms with van der Waals surface area (Å²) in [7, 11) is 0. The van der Waals surface area contributed by atoms with Crippen LogP contribution >= 0.6 is 0 Å². The molecular formula is C14H22FNO2. The lowest BCUT2D eigenvalue weighted by Crippen LogP contribution is -2.41. The fraction of sp³-hybridized carbons (Fsp3) is 0.571. The zero-order chi connectivity index (χ0) is 13.6. The summed E-state index contributed by atoms with van der Waals surface area (Å²) in [6.45, 7) is 4.43. The van der Waals surface area contributed by atoms with Crippen LogP contribution in [0, 0.1) is 5.82 Å². The van der Waals surface area contributed by atoms with Crippen molar-refractivity contribution in [3.63, 3.8) is 0 Å². The normalized spacial score (nSPS) is 13.6. The molecule has 4 heteroatoms. The first-order chi connectivity index (χ1) is 8.51. The topological polar surface area (TPSA) is 52.5 Å². The molecule has 1 atom stereocenters. The van der Waals surface area contributed by atoms with Gasteiger partial charge in [-0.3, -0.25) is 0 Å². The van der Waals surface area contributed by atoms with Crippen LogP contribution in [0.5, 0.6) is 0 Å². The quantitative estimate of drug-likeness (QED) is 0.691. The minimum absolute atomic E-state index is 0.0261. The molecule has 0 radical (unpaired) electrons. The molecule has 1 aromatic carbocycles. The van der Waals surface area contributed by atoms with Crippen LogP contribution in [0.25, 0.3) is 0 Å².